The summed E-state index contributed by atoms with van der Waals surface area (Å²) in [5.74, 6) is -0.190. The molecular weight excluding hydrogens is 462 g/mol. The van der Waals surface area contributed by atoms with Gasteiger partial charge in [-0.15, -0.1) is 10.2 Å². The summed E-state index contributed by atoms with van der Waals surface area (Å²) in [6.07, 6.45) is 10.00. The summed E-state index contributed by atoms with van der Waals surface area (Å²) in [6.45, 7) is 2.41. The lowest BCUT2D eigenvalue weighted by Crippen LogP contribution is -2.26. The number of carbonyl (C=O) groups excluding carboxylic acids is 1. The molecule has 160 valence electrons. The Balaban J connectivity index is 1.38. The van der Waals surface area contributed by atoms with Crippen LogP contribution in [-0.2, 0) is 11.2 Å². The molecule has 8 nitrogen and oxygen atoms in total. The number of carbonyl (C=O) groups is 1. The molecule has 0 aliphatic heterocycles. The number of nitrogens with zero attached hydrogens (tertiary/aromatic N) is 4. The summed E-state index contributed by atoms with van der Waals surface area (Å²) in [5, 5.41) is 10.7. The number of allylic oxidation sites excluding steroid dienone is 2. The van der Waals surface area contributed by atoms with Gasteiger partial charge >= 0.3 is 11.8 Å². The highest BCUT2D eigenvalue weighted by Gasteiger charge is 2.25. The molecule has 0 fully saturated rings. The SMILES string of the molecule is COC1C=C(c2nnc(C(=O)NCCc3ccc(Br)cc3)o2)C=CC1n1cnc(C)c1. The Hall–Kier alpha value is -3.04. The van der Waals surface area contributed by atoms with Crippen LogP contribution in [0.1, 0.15) is 33.9 Å². The first kappa shape index (κ1) is 21.2. The van der Waals surface area contributed by atoms with Gasteiger partial charge in [0, 0.05) is 29.9 Å². The van der Waals surface area contributed by atoms with Gasteiger partial charge in [-0.2, -0.15) is 0 Å². The lowest BCUT2D eigenvalue weighted by molar-refractivity contribution is 0.0919. The van der Waals surface area contributed by atoms with Gasteiger partial charge in [0.1, 0.15) is 6.10 Å². The van der Waals surface area contributed by atoms with Gasteiger partial charge in [-0.05, 0) is 37.1 Å². The highest BCUT2D eigenvalue weighted by atomic mass is 79.9. The summed E-state index contributed by atoms with van der Waals surface area (Å²) in [7, 11) is 1.65. The van der Waals surface area contributed by atoms with Crippen molar-refractivity contribution >= 4 is 27.4 Å². The lowest BCUT2D eigenvalue weighted by atomic mass is 10.00. The number of rotatable bonds is 7. The van der Waals surface area contributed by atoms with Crippen LogP contribution in [0.4, 0.5) is 0 Å². The number of aryl methyl sites for hydroxylation is 1. The Morgan fingerprint density at radius 3 is 2.81 bits per heavy atom. The summed E-state index contributed by atoms with van der Waals surface area (Å²) < 4.78 is 14.2. The summed E-state index contributed by atoms with van der Waals surface area (Å²) >= 11 is 3.41. The van der Waals surface area contributed by atoms with Crippen LogP contribution >= 0.6 is 15.9 Å². The molecule has 2 atom stereocenters. The van der Waals surface area contributed by atoms with E-state index in [-0.39, 0.29) is 23.9 Å². The van der Waals surface area contributed by atoms with Crippen molar-refractivity contribution in [3.63, 3.8) is 0 Å². The quantitative estimate of drug-likeness (QED) is 0.552. The molecule has 31 heavy (non-hydrogen) atoms. The fourth-order valence-corrected chi connectivity index (χ4v) is 3.61. The first-order valence-corrected chi connectivity index (χ1v) is 10.6. The monoisotopic (exact) mass is 483 g/mol. The number of nitrogens with one attached hydrogen (secondary N) is 1. The zero-order chi connectivity index (χ0) is 21.8. The molecule has 4 rings (SSSR count). The molecule has 1 N–H and O–H groups in total. The smallest absolute Gasteiger partial charge is 0.308 e. The van der Waals surface area contributed by atoms with E-state index in [4.69, 9.17) is 9.15 Å². The molecule has 0 radical (unpaired) electrons. The average molecular weight is 484 g/mol. The molecule has 0 spiro atoms. The number of amides is 1. The molecular formula is C22H22BrN5O3. The van der Waals surface area contributed by atoms with Crippen molar-refractivity contribution in [2.24, 2.45) is 0 Å². The molecule has 1 aliphatic rings. The Kier molecular flexibility index (Phi) is 6.43. The van der Waals surface area contributed by atoms with Crippen LogP contribution in [-0.4, -0.2) is 45.4 Å². The maximum Gasteiger partial charge on any atom is 0.308 e. The standard InChI is InChI=1S/C22H22BrN5O3/c1-14-12-28(13-25-14)18-8-5-16(11-19(18)30-2)21-26-27-22(31-21)20(29)24-10-9-15-3-6-17(23)7-4-15/h3-8,11-13,18-19H,9-10H2,1-2H3,(H,24,29). The van der Waals surface area contributed by atoms with Gasteiger partial charge in [0.05, 0.1) is 18.1 Å². The molecule has 3 aromatic rings. The second kappa shape index (κ2) is 9.40. The molecule has 2 unspecified atom stereocenters. The summed E-state index contributed by atoms with van der Waals surface area (Å²) in [6, 6.07) is 7.93. The predicted octanol–water partition coefficient (Wildman–Crippen LogP) is 3.52. The summed E-state index contributed by atoms with van der Waals surface area (Å²) in [5.41, 5.74) is 2.77. The zero-order valence-corrected chi connectivity index (χ0v) is 18.7. The van der Waals surface area contributed by atoms with Crippen molar-refractivity contribution in [1.82, 2.24) is 25.1 Å². The first-order chi connectivity index (χ1) is 15.0. The number of hydrogen-bond acceptors (Lipinski definition) is 6. The molecule has 2 heterocycles. The Morgan fingerprint density at radius 2 is 2.10 bits per heavy atom. The van der Waals surface area contributed by atoms with Gasteiger partial charge in [0.2, 0.25) is 5.89 Å². The molecule has 1 aliphatic carbocycles. The van der Waals surface area contributed by atoms with Crippen molar-refractivity contribution in [2.75, 3.05) is 13.7 Å². The molecule has 1 amide bonds. The van der Waals surface area contributed by atoms with Crippen LogP contribution in [0.25, 0.3) is 5.57 Å². The van der Waals surface area contributed by atoms with Crippen molar-refractivity contribution in [3.05, 3.63) is 82.5 Å². The van der Waals surface area contributed by atoms with Crippen LogP contribution in [0.3, 0.4) is 0 Å². The minimum absolute atomic E-state index is 0.0285. The van der Waals surface area contributed by atoms with Gasteiger partial charge in [0.15, 0.2) is 0 Å². The summed E-state index contributed by atoms with van der Waals surface area (Å²) in [4.78, 5) is 16.6. The van der Waals surface area contributed by atoms with Gasteiger partial charge in [0.25, 0.3) is 0 Å². The van der Waals surface area contributed by atoms with E-state index in [2.05, 4.69) is 36.4 Å². The van der Waals surface area contributed by atoms with E-state index in [0.29, 0.717) is 18.5 Å². The number of methoxy groups -OCH3 is 1. The molecule has 2 aromatic heterocycles. The van der Waals surface area contributed by atoms with Crippen molar-refractivity contribution in [3.8, 4) is 0 Å². The molecule has 0 saturated carbocycles. The zero-order valence-electron chi connectivity index (χ0n) is 17.2. The Bertz CT molecular complexity index is 1120. The van der Waals surface area contributed by atoms with Crippen LogP contribution in [0, 0.1) is 6.92 Å². The number of imidazole rings is 1. The minimum Gasteiger partial charge on any atom is -0.412 e. The van der Waals surface area contributed by atoms with E-state index >= 15 is 0 Å². The largest absolute Gasteiger partial charge is 0.412 e. The average Bonchev–Trinajstić information content (AvgIpc) is 3.44. The first-order valence-electron chi connectivity index (χ1n) is 9.83. The number of aromatic nitrogens is 4. The second-order valence-electron chi connectivity index (χ2n) is 7.18. The molecule has 0 saturated heterocycles. The van der Waals surface area contributed by atoms with Crippen LogP contribution in [0.2, 0.25) is 0 Å². The van der Waals surface area contributed by atoms with Crippen LogP contribution in [0.5, 0.6) is 0 Å². The third kappa shape index (κ3) is 5.00. The molecule has 1 aromatic carbocycles. The normalized spacial score (nSPS) is 18.1. The van der Waals surface area contributed by atoms with Gasteiger partial charge in [-0.1, -0.05) is 40.2 Å². The fraction of sp³-hybridized carbons (Fsp3) is 0.273. The fourth-order valence-electron chi connectivity index (χ4n) is 3.34. The second-order valence-corrected chi connectivity index (χ2v) is 8.09. The number of benzene rings is 1. The van der Waals surface area contributed by atoms with E-state index in [1.54, 1.807) is 13.4 Å². The van der Waals surface area contributed by atoms with E-state index in [1.165, 1.54) is 0 Å². The molecule has 0 bridgehead atoms. The maximum atomic E-state index is 12.4. The Labute approximate surface area is 188 Å². The Morgan fingerprint density at radius 1 is 1.29 bits per heavy atom. The van der Waals surface area contributed by atoms with Crippen molar-refractivity contribution in [1.29, 1.82) is 0 Å². The predicted molar refractivity (Wildman–Crippen MR) is 118 cm³/mol. The number of halogens is 1. The van der Waals surface area contributed by atoms with Gasteiger partial charge < -0.3 is 19.0 Å². The van der Waals surface area contributed by atoms with Gasteiger partial charge in [-0.3, -0.25) is 4.79 Å². The van der Waals surface area contributed by atoms with E-state index in [1.807, 2.05) is 60.2 Å². The lowest BCUT2D eigenvalue weighted by Gasteiger charge is -2.25. The van der Waals surface area contributed by atoms with Crippen LogP contribution < -0.4 is 5.32 Å². The van der Waals surface area contributed by atoms with E-state index in [9.17, 15) is 4.79 Å². The number of hydrogen-bond donors (Lipinski definition) is 1. The number of ether oxygens (including phenoxy) is 1. The van der Waals surface area contributed by atoms with E-state index < -0.39 is 5.91 Å². The highest BCUT2D eigenvalue weighted by molar-refractivity contribution is 9.10. The van der Waals surface area contributed by atoms with E-state index in [0.717, 1.165) is 15.7 Å². The van der Waals surface area contributed by atoms with Crippen molar-refractivity contribution in [2.45, 2.75) is 25.5 Å². The minimum atomic E-state index is -0.397. The highest BCUT2D eigenvalue weighted by Crippen LogP contribution is 2.28. The third-order valence-electron chi connectivity index (χ3n) is 4.98. The van der Waals surface area contributed by atoms with Gasteiger partial charge in [-0.25, -0.2) is 4.98 Å². The third-order valence-corrected chi connectivity index (χ3v) is 5.51. The maximum absolute atomic E-state index is 12.4. The van der Waals surface area contributed by atoms with Crippen molar-refractivity contribution < 1.29 is 13.9 Å². The topological polar surface area (TPSA) is 95.1 Å². The molecule has 9 heteroatoms. The van der Waals surface area contributed by atoms with Crippen LogP contribution in [0.15, 0.2) is 63.9 Å².